The Hall–Kier alpha value is -2.37. The van der Waals surface area contributed by atoms with Crippen molar-refractivity contribution >= 4 is 17.5 Å². The van der Waals surface area contributed by atoms with E-state index in [1.54, 1.807) is 19.2 Å². The minimum absolute atomic E-state index is 0.0474. The molecule has 1 aliphatic carbocycles. The second-order valence-electron chi connectivity index (χ2n) is 6.40. The lowest BCUT2D eigenvalue weighted by molar-refractivity contribution is -0.146. The fourth-order valence-electron chi connectivity index (χ4n) is 3.49. The monoisotopic (exact) mass is 348 g/mol. The van der Waals surface area contributed by atoms with Crippen LogP contribution in [0.15, 0.2) is 18.2 Å². The highest BCUT2D eigenvalue weighted by Gasteiger charge is 2.46. The lowest BCUT2D eigenvalue weighted by atomic mass is 9.65. The van der Waals surface area contributed by atoms with E-state index < -0.39 is 11.4 Å². The molecule has 0 atom stereocenters. The normalized spacial score (nSPS) is 16.6. The van der Waals surface area contributed by atoms with E-state index in [9.17, 15) is 14.4 Å². The molecule has 1 aliphatic rings. The Labute approximate surface area is 147 Å². The summed E-state index contributed by atoms with van der Waals surface area (Å²) in [6.07, 6.45) is 2.10. The Morgan fingerprint density at radius 3 is 2.32 bits per heavy atom. The molecule has 1 aromatic rings. The molecule has 0 unspecified atom stereocenters. The van der Waals surface area contributed by atoms with Crippen molar-refractivity contribution in [2.45, 2.75) is 44.9 Å². The number of hydrogen-bond donors (Lipinski definition) is 1. The third-order valence-corrected chi connectivity index (χ3v) is 4.82. The molecule has 0 spiro atoms. The lowest BCUT2D eigenvalue weighted by Gasteiger charge is -2.34. The van der Waals surface area contributed by atoms with Crippen LogP contribution in [0.2, 0.25) is 0 Å². The predicted molar refractivity (Wildman–Crippen MR) is 91.0 cm³/mol. The van der Waals surface area contributed by atoms with Crippen molar-refractivity contribution in [1.82, 2.24) is 0 Å². The van der Waals surface area contributed by atoms with Gasteiger partial charge in [0.15, 0.2) is 11.5 Å². The van der Waals surface area contributed by atoms with Crippen molar-refractivity contribution in [3.63, 3.8) is 0 Å². The van der Waals surface area contributed by atoms with Gasteiger partial charge in [0.05, 0.1) is 19.6 Å². The highest BCUT2D eigenvalue weighted by Crippen LogP contribution is 2.39. The largest absolute Gasteiger partial charge is 0.493 e. The smallest absolute Gasteiger partial charge is 0.303 e. The molecule has 0 amide bonds. The minimum atomic E-state index is -1.12. The van der Waals surface area contributed by atoms with Gasteiger partial charge in [-0.05, 0) is 43.4 Å². The second-order valence-corrected chi connectivity index (χ2v) is 6.40. The maximum absolute atomic E-state index is 12.7. The first-order chi connectivity index (χ1) is 11.9. The van der Waals surface area contributed by atoms with Gasteiger partial charge in [-0.2, -0.15) is 0 Å². The molecule has 1 N–H and O–H groups in total. The van der Waals surface area contributed by atoms with Crippen molar-refractivity contribution in [2.75, 3.05) is 14.2 Å². The first-order valence-corrected chi connectivity index (χ1v) is 8.42. The SMILES string of the molecule is COc1ccc(CC2(CCCC(=O)O)C(=O)CCCC2=O)cc1OC. The number of benzene rings is 1. The van der Waals surface area contributed by atoms with Gasteiger partial charge < -0.3 is 14.6 Å². The lowest BCUT2D eigenvalue weighted by Crippen LogP contribution is -2.44. The fraction of sp³-hybridized carbons (Fsp3) is 0.526. The average molecular weight is 348 g/mol. The summed E-state index contributed by atoms with van der Waals surface area (Å²) in [6, 6.07) is 5.33. The van der Waals surface area contributed by atoms with Crippen molar-refractivity contribution in [1.29, 1.82) is 0 Å². The van der Waals surface area contributed by atoms with Gasteiger partial charge in [0, 0.05) is 19.3 Å². The van der Waals surface area contributed by atoms with Gasteiger partial charge in [0.1, 0.15) is 11.6 Å². The van der Waals surface area contributed by atoms with E-state index in [1.807, 2.05) is 6.07 Å². The van der Waals surface area contributed by atoms with Crippen molar-refractivity contribution in [2.24, 2.45) is 5.41 Å². The molecular formula is C19H24O6. The van der Waals surface area contributed by atoms with Crippen LogP contribution in [0.5, 0.6) is 11.5 Å². The zero-order chi connectivity index (χ0) is 18.4. The molecule has 0 bridgehead atoms. The van der Waals surface area contributed by atoms with Crippen LogP contribution < -0.4 is 9.47 Å². The van der Waals surface area contributed by atoms with Crippen molar-refractivity contribution < 1.29 is 29.0 Å². The van der Waals surface area contributed by atoms with Gasteiger partial charge in [-0.1, -0.05) is 6.07 Å². The number of methoxy groups -OCH3 is 2. The molecule has 2 rings (SSSR count). The number of carbonyl (C=O) groups is 3. The molecule has 0 saturated heterocycles. The summed E-state index contributed by atoms with van der Waals surface area (Å²) in [6.45, 7) is 0. The predicted octanol–water partition coefficient (Wildman–Crippen LogP) is 2.81. The molecule has 0 heterocycles. The number of hydrogen-bond acceptors (Lipinski definition) is 5. The summed E-state index contributed by atoms with van der Waals surface area (Å²) >= 11 is 0. The number of Topliss-reactive ketones (excluding diaryl/α,β-unsaturated/α-hetero) is 2. The number of ether oxygens (including phenoxy) is 2. The van der Waals surface area contributed by atoms with Crippen LogP contribution in [-0.2, 0) is 20.8 Å². The summed E-state index contributed by atoms with van der Waals surface area (Å²) in [5, 5.41) is 8.87. The van der Waals surface area contributed by atoms with Crippen LogP contribution in [0.25, 0.3) is 0 Å². The van der Waals surface area contributed by atoms with Gasteiger partial charge >= 0.3 is 5.97 Å². The molecular weight excluding hydrogens is 324 g/mol. The number of carbonyl (C=O) groups excluding carboxylic acids is 2. The Balaban J connectivity index is 2.31. The quantitative estimate of drug-likeness (QED) is 0.727. The van der Waals surface area contributed by atoms with Crippen molar-refractivity contribution in [3.8, 4) is 11.5 Å². The van der Waals surface area contributed by atoms with E-state index in [2.05, 4.69) is 0 Å². The summed E-state index contributed by atoms with van der Waals surface area (Å²) in [5.41, 5.74) is -0.315. The highest BCUT2D eigenvalue weighted by atomic mass is 16.5. The molecule has 1 fully saturated rings. The number of carboxylic acid groups (broad SMARTS) is 1. The Morgan fingerprint density at radius 1 is 1.12 bits per heavy atom. The fourth-order valence-corrected chi connectivity index (χ4v) is 3.49. The molecule has 1 aromatic carbocycles. The average Bonchev–Trinajstić information content (AvgIpc) is 2.59. The summed E-state index contributed by atoms with van der Waals surface area (Å²) < 4.78 is 10.5. The maximum atomic E-state index is 12.7. The third kappa shape index (κ3) is 4.18. The van der Waals surface area contributed by atoms with E-state index >= 15 is 0 Å². The summed E-state index contributed by atoms with van der Waals surface area (Å²) in [4.78, 5) is 36.1. The molecule has 0 radical (unpaired) electrons. The second kappa shape index (κ2) is 8.14. The number of ketones is 2. The van der Waals surface area contributed by atoms with Crippen LogP contribution >= 0.6 is 0 Å². The molecule has 1 saturated carbocycles. The number of aliphatic carboxylic acids is 1. The third-order valence-electron chi connectivity index (χ3n) is 4.82. The van der Waals surface area contributed by atoms with Gasteiger partial charge in [-0.25, -0.2) is 0 Å². The highest BCUT2D eigenvalue weighted by molar-refractivity contribution is 6.09. The number of rotatable bonds is 8. The Bertz CT molecular complexity index is 648. The topological polar surface area (TPSA) is 89.9 Å². The first kappa shape index (κ1) is 19.0. The van der Waals surface area contributed by atoms with E-state index in [0.29, 0.717) is 37.2 Å². The first-order valence-electron chi connectivity index (χ1n) is 8.42. The van der Waals surface area contributed by atoms with Crippen molar-refractivity contribution in [3.05, 3.63) is 23.8 Å². The van der Waals surface area contributed by atoms with E-state index in [1.165, 1.54) is 7.11 Å². The van der Waals surface area contributed by atoms with E-state index in [4.69, 9.17) is 14.6 Å². The van der Waals surface area contributed by atoms with E-state index in [0.717, 1.165) is 5.56 Å². The Morgan fingerprint density at radius 2 is 1.76 bits per heavy atom. The summed E-state index contributed by atoms with van der Waals surface area (Å²) in [7, 11) is 3.07. The number of carboxylic acids is 1. The molecule has 25 heavy (non-hydrogen) atoms. The molecule has 0 aromatic heterocycles. The Kier molecular flexibility index (Phi) is 6.17. The standard InChI is InChI=1S/C19H24O6/c1-24-14-9-8-13(11-15(14)25-2)12-19(10-4-7-18(22)23)16(20)5-3-6-17(19)21/h8-9,11H,3-7,10,12H2,1-2H3,(H,22,23). The van der Waals surface area contributed by atoms with Crippen LogP contribution in [0.1, 0.15) is 44.1 Å². The molecule has 0 aliphatic heterocycles. The van der Waals surface area contributed by atoms with Crippen LogP contribution in [0.3, 0.4) is 0 Å². The van der Waals surface area contributed by atoms with Crippen LogP contribution in [0, 0.1) is 5.41 Å². The zero-order valence-corrected chi connectivity index (χ0v) is 14.7. The van der Waals surface area contributed by atoms with Gasteiger partial charge in [0.25, 0.3) is 0 Å². The zero-order valence-electron chi connectivity index (χ0n) is 14.7. The van der Waals surface area contributed by atoms with Gasteiger partial charge in [-0.15, -0.1) is 0 Å². The minimum Gasteiger partial charge on any atom is -0.493 e. The molecule has 6 heteroatoms. The van der Waals surface area contributed by atoms with E-state index in [-0.39, 0.29) is 30.8 Å². The maximum Gasteiger partial charge on any atom is 0.303 e. The van der Waals surface area contributed by atoms with Gasteiger partial charge in [-0.3, -0.25) is 14.4 Å². The van der Waals surface area contributed by atoms with Crippen LogP contribution in [0.4, 0.5) is 0 Å². The van der Waals surface area contributed by atoms with Gasteiger partial charge in [0.2, 0.25) is 0 Å². The molecule has 136 valence electrons. The summed E-state index contributed by atoms with van der Waals surface area (Å²) in [5.74, 6) is 0.0358. The van der Waals surface area contributed by atoms with Crippen LogP contribution in [-0.4, -0.2) is 36.9 Å². The molecule has 6 nitrogen and oxygen atoms in total.